The van der Waals surface area contributed by atoms with Gasteiger partial charge in [0.05, 0.1) is 29.9 Å². The van der Waals surface area contributed by atoms with Gasteiger partial charge in [-0.15, -0.1) is 0 Å². The molecule has 6 heteroatoms. The molecule has 6 nitrogen and oxygen atoms in total. The lowest BCUT2D eigenvalue weighted by molar-refractivity contribution is 0.0175. The molecule has 3 aromatic rings. The predicted octanol–water partition coefficient (Wildman–Crippen LogP) is 5.27. The van der Waals surface area contributed by atoms with Crippen molar-refractivity contribution >= 4 is 5.91 Å². The van der Waals surface area contributed by atoms with Crippen molar-refractivity contribution < 1.29 is 9.53 Å². The number of hydrogen-bond donors (Lipinski definition) is 0. The van der Waals surface area contributed by atoms with E-state index in [0.717, 1.165) is 49.2 Å². The lowest BCUT2D eigenvalue weighted by Crippen LogP contribution is -2.42. The van der Waals surface area contributed by atoms with Crippen molar-refractivity contribution in [2.45, 2.75) is 19.3 Å². The molecule has 0 aromatic heterocycles. The van der Waals surface area contributed by atoms with Crippen molar-refractivity contribution in [1.82, 2.24) is 10.0 Å². The predicted molar refractivity (Wildman–Crippen MR) is 134 cm³/mol. The third kappa shape index (κ3) is 6.06. The fourth-order valence-electron chi connectivity index (χ4n) is 4.37. The van der Waals surface area contributed by atoms with E-state index >= 15 is 0 Å². The van der Waals surface area contributed by atoms with Crippen LogP contribution in [-0.2, 0) is 0 Å². The summed E-state index contributed by atoms with van der Waals surface area (Å²) in [7, 11) is 1.81. The van der Waals surface area contributed by atoms with Gasteiger partial charge in [0, 0.05) is 25.7 Å². The van der Waals surface area contributed by atoms with Gasteiger partial charge in [0.25, 0.3) is 5.91 Å². The van der Waals surface area contributed by atoms with Crippen molar-refractivity contribution in [3.8, 4) is 29.0 Å². The first-order valence-electron chi connectivity index (χ1n) is 11.8. The van der Waals surface area contributed by atoms with Crippen LogP contribution in [0.3, 0.4) is 0 Å². The van der Waals surface area contributed by atoms with Crippen LogP contribution in [0.4, 0.5) is 0 Å². The molecule has 1 heterocycles. The standard InChI is InChI=1S/C29H28N4O2/c1-32(29(34)27-10-6-23(20-31)7-11-27)33-17-16-24(21-33)3-2-18-35-28-14-12-26(13-15-28)25-8-4-22(19-30)5-9-25/h4-15,24H,2-3,16-18,21H2,1H3/t24-/m1/s1. The summed E-state index contributed by atoms with van der Waals surface area (Å²) >= 11 is 0. The van der Waals surface area contributed by atoms with Crippen molar-refractivity contribution in [2.24, 2.45) is 5.92 Å². The molecule has 1 aliphatic heterocycles. The smallest absolute Gasteiger partial charge is 0.267 e. The Morgan fingerprint density at radius 3 is 2.11 bits per heavy atom. The molecular weight excluding hydrogens is 436 g/mol. The van der Waals surface area contributed by atoms with E-state index in [2.05, 4.69) is 17.1 Å². The molecule has 3 aromatic carbocycles. The maximum absolute atomic E-state index is 12.8. The Bertz CT molecular complexity index is 1220. The van der Waals surface area contributed by atoms with Crippen LogP contribution in [0.5, 0.6) is 5.75 Å². The van der Waals surface area contributed by atoms with Crippen LogP contribution >= 0.6 is 0 Å². The van der Waals surface area contributed by atoms with Crippen molar-refractivity contribution in [2.75, 3.05) is 26.7 Å². The minimum atomic E-state index is -0.0528. The van der Waals surface area contributed by atoms with Gasteiger partial charge in [-0.3, -0.25) is 9.80 Å². The molecule has 1 fully saturated rings. The molecule has 1 saturated heterocycles. The Balaban J connectivity index is 1.19. The highest BCUT2D eigenvalue weighted by Gasteiger charge is 2.27. The fourth-order valence-corrected chi connectivity index (χ4v) is 4.37. The Morgan fingerprint density at radius 2 is 1.51 bits per heavy atom. The molecule has 0 spiro atoms. The van der Waals surface area contributed by atoms with E-state index in [1.165, 1.54) is 0 Å². The van der Waals surface area contributed by atoms with Gasteiger partial charge in [-0.1, -0.05) is 24.3 Å². The van der Waals surface area contributed by atoms with Crippen molar-refractivity contribution in [1.29, 1.82) is 10.5 Å². The highest BCUT2D eigenvalue weighted by molar-refractivity contribution is 5.93. The van der Waals surface area contributed by atoms with Crippen LogP contribution in [-0.4, -0.2) is 42.7 Å². The number of ether oxygens (including phenoxy) is 1. The zero-order valence-electron chi connectivity index (χ0n) is 19.9. The lowest BCUT2D eigenvalue weighted by Gasteiger charge is -2.28. The second-order valence-electron chi connectivity index (χ2n) is 8.79. The summed E-state index contributed by atoms with van der Waals surface area (Å²) in [6.07, 6.45) is 3.08. The van der Waals surface area contributed by atoms with Gasteiger partial charge in [0.15, 0.2) is 0 Å². The molecule has 0 bridgehead atoms. The van der Waals surface area contributed by atoms with Gasteiger partial charge < -0.3 is 4.74 Å². The summed E-state index contributed by atoms with van der Waals surface area (Å²) in [5.41, 5.74) is 3.96. The van der Waals surface area contributed by atoms with E-state index in [4.69, 9.17) is 15.3 Å². The molecule has 0 unspecified atom stereocenters. The average molecular weight is 465 g/mol. The van der Waals surface area contributed by atoms with E-state index in [9.17, 15) is 4.79 Å². The molecule has 0 saturated carbocycles. The molecule has 35 heavy (non-hydrogen) atoms. The molecule has 1 amide bonds. The number of hydrogen-bond acceptors (Lipinski definition) is 5. The Labute approximate surface area is 206 Å². The summed E-state index contributed by atoms with van der Waals surface area (Å²) < 4.78 is 5.94. The number of amides is 1. The SMILES string of the molecule is CN(C(=O)c1ccc(C#N)cc1)N1CC[C@@H](CCCOc2ccc(-c3ccc(C#N)cc3)cc2)C1. The Hall–Kier alpha value is -4.13. The van der Waals surface area contributed by atoms with Crippen molar-refractivity contribution in [3.05, 3.63) is 89.5 Å². The first kappa shape index (κ1) is 24.0. The van der Waals surface area contributed by atoms with E-state index < -0.39 is 0 Å². The highest BCUT2D eigenvalue weighted by Crippen LogP contribution is 2.25. The van der Waals surface area contributed by atoms with E-state index in [1.807, 2.05) is 55.6 Å². The molecule has 0 aliphatic carbocycles. The minimum Gasteiger partial charge on any atom is -0.494 e. The van der Waals surface area contributed by atoms with E-state index in [0.29, 0.717) is 29.2 Å². The zero-order valence-corrected chi connectivity index (χ0v) is 19.9. The number of carbonyl (C=O) groups excluding carboxylic acids is 1. The van der Waals surface area contributed by atoms with Crippen LogP contribution in [0.1, 0.15) is 40.7 Å². The summed E-state index contributed by atoms with van der Waals surface area (Å²) in [6, 6.07) is 26.6. The summed E-state index contributed by atoms with van der Waals surface area (Å²) in [6.45, 7) is 2.38. The van der Waals surface area contributed by atoms with Crippen LogP contribution in [0.25, 0.3) is 11.1 Å². The highest BCUT2D eigenvalue weighted by atomic mass is 16.5. The van der Waals surface area contributed by atoms with Gasteiger partial charge in [-0.05, 0) is 84.8 Å². The number of carbonyl (C=O) groups is 1. The average Bonchev–Trinajstić information content (AvgIpc) is 3.40. The summed E-state index contributed by atoms with van der Waals surface area (Å²) in [5.74, 6) is 1.33. The van der Waals surface area contributed by atoms with Crippen LogP contribution in [0.2, 0.25) is 0 Å². The quantitative estimate of drug-likeness (QED) is 0.425. The number of rotatable bonds is 8. The second-order valence-corrected chi connectivity index (χ2v) is 8.79. The van der Waals surface area contributed by atoms with Crippen LogP contribution < -0.4 is 4.74 Å². The minimum absolute atomic E-state index is 0.0528. The number of nitrogens with zero attached hydrogens (tertiary/aromatic N) is 4. The second kappa shape index (κ2) is 11.3. The fraction of sp³-hybridized carbons (Fsp3) is 0.276. The monoisotopic (exact) mass is 464 g/mol. The number of hydrazine groups is 1. The summed E-state index contributed by atoms with van der Waals surface area (Å²) in [4.78, 5) is 12.8. The van der Waals surface area contributed by atoms with Gasteiger partial charge in [0.2, 0.25) is 0 Å². The maximum Gasteiger partial charge on any atom is 0.267 e. The molecular formula is C29H28N4O2. The molecule has 1 atom stereocenters. The van der Waals surface area contributed by atoms with E-state index in [-0.39, 0.29) is 5.91 Å². The zero-order chi connectivity index (χ0) is 24.6. The van der Waals surface area contributed by atoms with Gasteiger partial charge in [-0.25, -0.2) is 5.01 Å². The summed E-state index contributed by atoms with van der Waals surface area (Å²) in [5, 5.41) is 21.7. The molecule has 0 radical (unpaired) electrons. The number of nitriles is 2. The normalized spacial score (nSPS) is 15.2. The molecule has 4 rings (SSSR count). The first-order valence-corrected chi connectivity index (χ1v) is 11.8. The third-order valence-electron chi connectivity index (χ3n) is 6.47. The topological polar surface area (TPSA) is 80.4 Å². The maximum atomic E-state index is 12.8. The van der Waals surface area contributed by atoms with Crippen LogP contribution in [0, 0.1) is 28.6 Å². The Morgan fingerprint density at radius 1 is 0.943 bits per heavy atom. The lowest BCUT2D eigenvalue weighted by atomic mass is 10.0. The third-order valence-corrected chi connectivity index (χ3v) is 6.47. The van der Waals surface area contributed by atoms with Gasteiger partial charge in [-0.2, -0.15) is 10.5 Å². The Kier molecular flexibility index (Phi) is 7.77. The largest absolute Gasteiger partial charge is 0.494 e. The first-order chi connectivity index (χ1) is 17.1. The van der Waals surface area contributed by atoms with Crippen molar-refractivity contribution in [3.63, 3.8) is 0 Å². The molecule has 0 N–H and O–H groups in total. The van der Waals surface area contributed by atoms with Gasteiger partial charge >= 0.3 is 0 Å². The molecule has 1 aliphatic rings. The number of benzene rings is 3. The van der Waals surface area contributed by atoms with Crippen LogP contribution in [0.15, 0.2) is 72.8 Å². The van der Waals surface area contributed by atoms with E-state index in [1.54, 1.807) is 29.3 Å². The molecule has 176 valence electrons. The van der Waals surface area contributed by atoms with Gasteiger partial charge in [0.1, 0.15) is 5.75 Å².